The van der Waals surface area contributed by atoms with Crippen molar-refractivity contribution in [2.45, 2.75) is 33.4 Å². The van der Waals surface area contributed by atoms with Crippen LogP contribution in [0, 0.1) is 24.2 Å². The van der Waals surface area contributed by atoms with E-state index in [0.29, 0.717) is 17.7 Å². The number of nitrogens with one attached hydrogen (secondary N) is 1. The second-order valence-electron chi connectivity index (χ2n) is 6.93. The molecule has 2 amide bonds. The lowest BCUT2D eigenvalue weighted by Gasteiger charge is -2.25. The van der Waals surface area contributed by atoms with E-state index in [9.17, 15) is 9.59 Å². The van der Waals surface area contributed by atoms with Crippen LogP contribution in [0.1, 0.15) is 40.9 Å². The number of urea groups is 1. The van der Waals surface area contributed by atoms with Crippen molar-refractivity contribution in [2.75, 3.05) is 7.05 Å². The zero-order valence-electron chi connectivity index (χ0n) is 16.2. The highest BCUT2D eigenvalue weighted by Crippen LogP contribution is 2.14. The lowest BCUT2D eigenvalue weighted by molar-refractivity contribution is 0.0908. The van der Waals surface area contributed by atoms with E-state index in [1.54, 1.807) is 43.1 Å². The van der Waals surface area contributed by atoms with Crippen molar-refractivity contribution < 1.29 is 9.59 Å². The van der Waals surface area contributed by atoms with Gasteiger partial charge >= 0.3 is 6.03 Å². The zero-order chi connectivity index (χ0) is 20.0. The molecule has 0 aliphatic carbocycles. The molecule has 0 radical (unpaired) electrons. The van der Waals surface area contributed by atoms with Crippen molar-refractivity contribution in [3.05, 3.63) is 70.8 Å². The van der Waals surface area contributed by atoms with Crippen LogP contribution in [0.2, 0.25) is 0 Å². The molecule has 0 heterocycles. The SMILES string of the molecule is Cc1cccc(CN(C)C(=O)NC(C)C(C)C(=O)c2ccc(C#N)cc2)c1. The number of amides is 2. The molecule has 2 aromatic carbocycles. The van der Waals surface area contributed by atoms with Crippen LogP contribution >= 0.6 is 0 Å². The molecule has 1 N–H and O–H groups in total. The van der Waals surface area contributed by atoms with Crippen molar-refractivity contribution in [3.63, 3.8) is 0 Å². The Balaban J connectivity index is 1.95. The molecule has 0 fully saturated rings. The summed E-state index contributed by atoms with van der Waals surface area (Å²) < 4.78 is 0. The maximum Gasteiger partial charge on any atom is 0.317 e. The molecule has 140 valence electrons. The van der Waals surface area contributed by atoms with Gasteiger partial charge in [-0.3, -0.25) is 4.79 Å². The molecule has 27 heavy (non-hydrogen) atoms. The zero-order valence-corrected chi connectivity index (χ0v) is 16.2. The van der Waals surface area contributed by atoms with E-state index >= 15 is 0 Å². The Bertz CT molecular complexity index is 853. The van der Waals surface area contributed by atoms with E-state index in [1.807, 2.05) is 44.2 Å². The molecular weight excluding hydrogens is 338 g/mol. The highest BCUT2D eigenvalue weighted by atomic mass is 16.2. The number of hydrogen-bond acceptors (Lipinski definition) is 3. The molecule has 5 heteroatoms. The molecule has 0 aliphatic heterocycles. The van der Waals surface area contributed by atoms with Gasteiger partial charge in [0.1, 0.15) is 0 Å². The number of nitrogens with zero attached hydrogens (tertiary/aromatic N) is 2. The van der Waals surface area contributed by atoms with Crippen molar-refractivity contribution in [3.8, 4) is 6.07 Å². The highest BCUT2D eigenvalue weighted by molar-refractivity contribution is 5.98. The minimum atomic E-state index is -0.380. The van der Waals surface area contributed by atoms with Crippen LogP contribution in [-0.4, -0.2) is 29.8 Å². The van der Waals surface area contributed by atoms with Crippen LogP contribution in [0.4, 0.5) is 4.79 Å². The fourth-order valence-electron chi connectivity index (χ4n) is 2.79. The normalized spacial score (nSPS) is 12.6. The largest absolute Gasteiger partial charge is 0.335 e. The fraction of sp³-hybridized carbons (Fsp3) is 0.318. The predicted molar refractivity (Wildman–Crippen MR) is 105 cm³/mol. The quantitative estimate of drug-likeness (QED) is 0.791. The maximum atomic E-state index is 12.6. The second-order valence-corrected chi connectivity index (χ2v) is 6.93. The molecule has 2 unspecified atom stereocenters. The van der Waals surface area contributed by atoms with E-state index < -0.39 is 0 Å². The number of carbonyl (C=O) groups excluding carboxylic acids is 2. The Hall–Kier alpha value is -3.13. The molecule has 2 rings (SSSR count). The van der Waals surface area contributed by atoms with Gasteiger partial charge in [-0.05, 0) is 31.5 Å². The summed E-state index contributed by atoms with van der Waals surface area (Å²) in [6.45, 7) is 6.14. The van der Waals surface area contributed by atoms with E-state index in [4.69, 9.17) is 5.26 Å². The number of Topliss-reactive ketones (excluding diaryl/α,β-unsaturated/α-hetero) is 1. The summed E-state index contributed by atoms with van der Waals surface area (Å²) in [6.07, 6.45) is 0. The molecule has 0 saturated carbocycles. The number of hydrogen-bond donors (Lipinski definition) is 1. The summed E-state index contributed by atoms with van der Waals surface area (Å²) in [7, 11) is 1.73. The summed E-state index contributed by atoms with van der Waals surface area (Å²) in [6, 6.07) is 16.1. The van der Waals surface area contributed by atoms with E-state index in [0.717, 1.165) is 11.1 Å². The Labute approximate surface area is 160 Å². The molecule has 2 aromatic rings. The Morgan fingerprint density at radius 2 is 1.81 bits per heavy atom. The number of rotatable bonds is 6. The number of aryl methyl sites for hydroxylation is 1. The number of benzene rings is 2. The van der Waals surface area contributed by atoms with Gasteiger partial charge in [-0.1, -0.05) is 48.9 Å². The van der Waals surface area contributed by atoms with Gasteiger partial charge in [0.05, 0.1) is 11.6 Å². The fourth-order valence-corrected chi connectivity index (χ4v) is 2.79. The summed E-state index contributed by atoms with van der Waals surface area (Å²) in [5.41, 5.74) is 3.26. The first-order valence-corrected chi connectivity index (χ1v) is 8.93. The summed E-state index contributed by atoms with van der Waals surface area (Å²) in [5, 5.41) is 11.8. The smallest absolute Gasteiger partial charge is 0.317 e. The average Bonchev–Trinajstić information content (AvgIpc) is 2.66. The topological polar surface area (TPSA) is 73.2 Å². The highest BCUT2D eigenvalue weighted by Gasteiger charge is 2.24. The minimum absolute atomic E-state index is 0.0615. The first-order valence-electron chi connectivity index (χ1n) is 8.93. The van der Waals surface area contributed by atoms with E-state index in [2.05, 4.69) is 5.32 Å². The predicted octanol–water partition coefficient (Wildman–Crippen LogP) is 3.92. The monoisotopic (exact) mass is 363 g/mol. The molecule has 0 aromatic heterocycles. The third kappa shape index (κ3) is 5.42. The van der Waals surface area contributed by atoms with Gasteiger partial charge in [-0.25, -0.2) is 4.79 Å². The molecule has 0 spiro atoms. The molecule has 2 atom stereocenters. The number of carbonyl (C=O) groups is 2. The molecule has 5 nitrogen and oxygen atoms in total. The van der Waals surface area contributed by atoms with Gasteiger partial charge in [0.15, 0.2) is 5.78 Å². The van der Waals surface area contributed by atoms with Gasteiger partial charge in [0.25, 0.3) is 0 Å². The van der Waals surface area contributed by atoms with Crippen molar-refractivity contribution in [2.24, 2.45) is 5.92 Å². The van der Waals surface area contributed by atoms with E-state index in [1.165, 1.54) is 0 Å². The van der Waals surface area contributed by atoms with Crippen LogP contribution in [0.15, 0.2) is 48.5 Å². The van der Waals surface area contributed by atoms with Gasteiger partial charge in [0.2, 0.25) is 0 Å². The molecule has 0 bridgehead atoms. The Morgan fingerprint density at radius 1 is 1.15 bits per heavy atom. The van der Waals surface area contributed by atoms with Crippen LogP contribution in [0.5, 0.6) is 0 Å². The van der Waals surface area contributed by atoms with Gasteiger partial charge < -0.3 is 10.2 Å². The van der Waals surface area contributed by atoms with Crippen LogP contribution in [-0.2, 0) is 6.54 Å². The lowest BCUT2D eigenvalue weighted by Crippen LogP contribution is -2.45. The standard InChI is InChI=1S/C22H25N3O2/c1-15-6-5-7-19(12-15)14-25(4)22(27)24-17(3)16(2)21(26)20-10-8-18(13-23)9-11-20/h5-12,16-17H,14H2,1-4H3,(H,24,27). The first kappa shape index (κ1) is 20.2. The van der Waals surface area contributed by atoms with Crippen molar-refractivity contribution in [1.29, 1.82) is 5.26 Å². The summed E-state index contributed by atoms with van der Waals surface area (Å²) in [4.78, 5) is 26.7. The van der Waals surface area contributed by atoms with Crippen molar-refractivity contribution in [1.82, 2.24) is 10.2 Å². The number of nitriles is 1. The molecular formula is C22H25N3O2. The number of ketones is 1. The first-order chi connectivity index (χ1) is 12.8. The molecule has 0 aliphatic rings. The summed E-state index contributed by atoms with van der Waals surface area (Å²) in [5.74, 6) is -0.442. The van der Waals surface area contributed by atoms with Crippen LogP contribution in [0.3, 0.4) is 0 Å². The Kier molecular flexibility index (Phi) is 6.73. The van der Waals surface area contributed by atoms with Crippen LogP contribution < -0.4 is 5.32 Å². The third-order valence-electron chi connectivity index (χ3n) is 4.66. The van der Waals surface area contributed by atoms with Gasteiger partial charge in [-0.2, -0.15) is 5.26 Å². The van der Waals surface area contributed by atoms with Crippen LogP contribution in [0.25, 0.3) is 0 Å². The minimum Gasteiger partial charge on any atom is -0.335 e. The average molecular weight is 363 g/mol. The lowest BCUT2D eigenvalue weighted by atomic mass is 9.93. The summed E-state index contributed by atoms with van der Waals surface area (Å²) >= 11 is 0. The Morgan fingerprint density at radius 3 is 2.41 bits per heavy atom. The molecule has 0 saturated heterocycles. The van der Waals surface area contributed by atoms with Crippen molar-refractivity contribution >= 4 is 11.8 Å². The van der Waals surface area contributed by atoms with E-state index in [-0.39, 0.29) is 23.8 Å². The van der Waals surface area contributed by atoms with Gasteiger partial charge in [-0.15, -0.1) is 0 Å². The maximum absolute atomic E-state index is 12.6. The third-order valence-corrected chi connectivity index (χ3v) is 4.66. The van der Waals surface area contributed by atoms with Gasteiger partial charge in [0, 0.05) is 31.1 Å². The second kappa shape index (κ2) is 9.00.